The van der Waals surface area contributed by atoms with Gasteiger partial charge in [0.2, 0.25) is 5.43 Å². The number of fused-ring (bicyclic) bond motifs is 1. The van der Waals surface area contributed by atoms with Gasteiger partial charge in [0.25, 0.3) is 0 Å². The van der Waals surface area contributed by atoms with Gasteiger partial charge in [0.05, 0.1) is 32.2 Å². The average molecular weight is 532 g/mol. The number of hydrogen-bond acceptors (Lipinski definition) is 7. The molecule has 0 N–H and O–H groups in total. The number of rotatable bonds is 11. The third-order valence-electron chi connectivity index (χ3n) is 6.59. The Bertz CT molecular complexity index is 1510. The molecule has 0 aliphatic heterocycles. The zero-order valence-electron chi connectivity index (χ0n) is 22.9. The summed E-state index contributed by atoms with van der Waals surface area (Å²) in [5.41, 5.74) is 2.79. The van der Waals surface area contributed by atoms with Crippen LogP contribution in [0.5, 0.6) is 23.0 Å². The first-order valence-corrected chi connectivity index (χ1v) is 12.8. The van der Waals surface area contributed by atoms with E-state index in [-0.39, 0.29) is 18.8 Å². The van der Waals surface area contributed by atoms with Crippen molar-refractivity contribution in [2.24, 2.45) is 0 Å². The standard InChI is InChI=1S/C31H33NO7/c1-6-25-29(31(34)37-5)30(33)24-16-27(38-18-20-8-12-22(35-3)13-9-20)28(17-26(24)32(25)7-2)39-19-21-10-14-23(36-4)15-11-21/h8-17H,6-7,18-19H2,1-5H3. The normalized spacial score (nSPS) is 10.8. The van der Waals surface area contributed by atoms with Crippen molar-refractivity contribution < 1.29 is 28.5 Å². The van der Waals surface area contributed by atoms with Crippen LogP contribution >= 0.6 is 0 Å². The van der Waals surface area contributed by atoms with E-state index in [1.54, 1.807) is 20.3 Å². The molecular formula is C31H33NO7. The van der Waals surface area contributed by atoms with Crippen molar-refractivity contribution in [1.82, 2.24) is 4.57 Å². The van der Waals surface area contributed by atoms with Crippen LogP contribution in [0.2, 0.25) is 0 Å². The molecule has 4 aromatic rings. The van der Waals surface area contributed by atoms with E-state index in [4.69, 9.17) is 23.7 Å². The molecule has 0 aliphatic carbocycles. The highest BCUT2D eigenvalue weighted by molar-refractivity contribution is 5.96. The molecule has 4 rings (SSSR count). The number of aromatic nitrogens is 1. The molecule has 0 saturated heterocycles. The molecule has 0 amide bonds. The van der Waals surface area contributed by atoms with E-state index in [0.717, 1.165) is 22.6 Å². The number of ether oxygens (including phenoxy) is 5. The van der Waals surface area contributed by atoms with E-state index >= 15 is 0 Å². The summed E-state index contributed by atoms with van der Waals surface area (Å²) in [4.78, 5) is 26.2. The van der Waals surface area contributed by atoms with Gasteiger partial charge in [0.15, 0.2) is 11.5 Å². The molecule has 1 aromatic heterocycles. The number of carbonyl (C=O) groups is 1. The van der Waals surface area contributed by atoms with Crippen LogP contribution in [0.1, 0.15) is 41.0 Å². The zero-order chi connectivity index (χ0) is 27.9. The van der Waals surface area contributed by atoms with Gasteiger partial charge in [-0.25, -0.2) is 4.79 Å². The van der Waals surface area contributed by atoms with Gasteiger partial charge >= 0.3 is 5.97 Å². The summed E-state index contributed by atoms with van der Waals surface area (Å²) in [6, 6.07) is 18.6. The quantitative estimate of drug-likeness (QED) is 0.235. The molecule has 3 aromatic carbocycles. The Labute approximate surface area is 227 Å². The summed E-state index contributed by atoms with van der Waals surface area (Å²) in [7, 11) is 4.51. The highest BCUT2D eigenvalue weighted by atomic mass is 16.5. The lowest BCUT2D eigenvalue weighted by atomic mass is 10.0. The minimum absolute atomic E-state index is 0.0438. The van der Waals surface area contributed by atoms with Gasteiger partial charge in [0.1, 0.15) is 30.3 Å². The minimum Gasteiger partial charge on any atom is -0.497 e. The summed E-state index contributed by atoms with van der Waals surface area (Å²) in [5, 5.41) is 0.357. The second kappa shape index (κ2) is 12.4. The van der Waals surface area contributed by atoms with E-state index in [2.05, 4.69) is 0 Å². The van der Waals surface area contributed by atoms with Crippen LogP contribution in [0, 0.1) is 0 Å². The van der Waals surface area contributed by atoms with E-state index in [9.17, 15) is 9.59 Å². The van der Waals surface area contributed by atoms with Gasteiger partial charge in [-0.15, -0.1) is 0 Å². The predicted octanol–water partition coefficient (Wildman–Crippen LogP) is 5.55. The molecule has 0 unspecified atom stereocenters. The van der Waals surface area contributed by atoms with Crippen LogP contribution in [-0.4, -0.2) is 31.9 Å². The number of pyridine rings is 1. The second-order valence-corrected chi connectivity index (χ2v) is 8.83. The third-order valence-corrected chi connectivity index (χ3v) is 6.59. The summed E-state index contributed by atoms with van der Waals surface area (Å²) < 4.78 is 29.8. The monoisotopic (exact) mass is 531 g/mol. The van der Waals surface area contributed by atoms with Gasteiger partial charge in [-0.2, -0.15) is 0 Å². The number of nitrogens with zero attached hydrogens (tertiary/aromatic N) is 1. The van der Waals surface area contributed by atoms with Crippen LogP contribution in [-0.2, 0) is 30.9 Å². The maximum Gasteiger partial charge on any atom is 0.343 e. The maximum atomic E-state index is 13.6. The molecule has 0 atom stereocenters. The van der Waals surface area contributed by atoms with Crippen LogP contribution in [0.3, 0.4) is 0 Å². The lowest BCUT2D eigenvalue weighted by Gasteiger charge is -2.20. The van der Waals surface area contributed by atoms with E-state index in [1.807, 2.05) is 73.0 Å². The molecule has 204 valence electrons. The van der Waals surface area contributed by atoms with Gasteiger partial charge in [-0.1, -0.05) is 31.2 Å². The predicted molar refractivity (Wildman–Crippen MR) is 149 cm³/mol. The Morgan fingerprint density at radius 2 is 1.28 bits per heavy atom. The topological polar surface area (TPSA) is 85.2 Å². The molecule has 0 bridgehead atoms. The molecule has 1 heterocycles. The molecule has 0 saturated carbocycles. The van der Waals surface area contributed by atoms with Gasteiger partial charge in [-0.3, -0.25) is 4.79 Å². The smallest absolute Gasteiger partial charge is 0.343 e. The van der Waals surface area contributed by atoms with Crippen LogP contribution in [0.25, 0.3) is 10.9 Å². The third kappa shape index (κ3) is 5.85. The highest BCUT2D eigenvalue weighted by Gasteiger charge is 2.23. The molecule has 0 radical (unpaired) electrons. The number of aryl methyl sites for hydroxylation is 1. The fourth-order valence-electron chi connectivity index (χ4n) is 4.53. The van der Waals surface area contributed by atoms with Gasteiger partial charge < -0.3 is 28.3 Å². The summed E-state index contributed by atoms with van der Waals surface area (Å²) in [6.45, 7) is 4.95. The van der Waals surface area contributed by atoms with Crippen molar-refractivity contribution >= 4 is 16.9 Å². The maximum absolute atomic E-state index is 13.6. The molecule has 39 heavy (non-hydrogen) atoms. The molecule has 0 spiro atoms. The van der Waals surface area contributed by atoms with Gasteiger partial charge in [0, 0.05) is 18.3 Å². The van der Waals surface area contributed by atoms with E-state index in [0.29, 0.717) is 41.1 Å². The van der Waals surface area contributed by atoms with Crippen LogP contribution in [0.15, 0.2) is 65.5 Å². The lowest BCUT2D eigenvalue weighted by Crippen LogP contribution is -2.25. The van der Waals surface area contributed by atoms with Crippen LogP contribution in [0.4, 0.5) is 0 Å². The number of benzene rings is 3. The van der Waals surface area contributed by atoms with Crippen LogP contribution < -0.4 is 24.4 Å². The molecule has 0 aliphatic rings. The Morgan fingerprint density at radius 1 is 0.769 bits per heavy atom. The van der Waals surface area contributed by atoms with Crippen molar-refractivity contribution in [3.63, 3.8) is 0 Å². The number of carbonyl (C=O) groups excluding carboxylic acids is 1. The minimum atomic E-state index is -0.651. The first-order valence-electron chi connectivity index (χ1n) is 12.8. The number of hydrogen-bond donors (Lipinski definition) is 0. The largest absolute Gasteiger partial charge is 0.497 e. The summed E-state index contributed by atoms with van der Waals surface area (Å²) >= 11 is 0. The Kier molecular flexibility index (Phi) is 8.76. The fourth-order valence-corrected chi connectivity index (χ4v) is 4.53. The van der Waals surface area contributed by atoms with E-state index in [1.165, 1.54) is 7.11 Å². The Hall–Kier alpha value is -4.46. The van der Waals surface area contributed by atoms with Crippen molar-refractivity contribution in [3.05, 3.63) is 93.3 Å². The Morgan fingerprint density at radius 3 is 1.72 bits per heavy atom. The average Bonchev–Trinajstić information content (AvgIpc) is 2.98. The highest BCUT2D eigenvalue weighted by Crippen LogP contribution is 2.34. The first kappa shape index (κ1) is 27.6. The van der Waals surface area contributed by atoms with Crippen molar-refractivity contribution in [2.75, 3.05) is 21.3 Å². The molecule has 8 heteroatoms. The lowest BCUT2D eigenvalue weighted by molar-refractivity contribution is 0.0597. The number of methoxy groups -OCH3 is 3. The Balaban J connectivity index is 1.81. The second-order valence-electron chi connectivity index (χ2n) is 8.83. The molecule has 0 fully saturated rings. The summed E-state index contributed by atoms with van der Waals surface area (Å²) in [5.74, 6) is 1.73. The number of esters is 1. The fraction of sp³-hybridized carbons (Fsp3) is 0.290. The molecular weight excluding hydrogens is 498 g/mol. The van der Waals surface area contributed by atoms with Crippen molar-refractivity contribution in [1.29, 1.82) is 0 Å². The SMILES string of the molecule is CCc1c(C(=O)OC)c(=O)c2cc(OCc3ccc(OC)cc3)c(OCc3ccc(OC)cc3)cc2n1CC. The van der Waals surface area contributed by atoms with Gasteiger partial charge in [-0.05, 0) is 54.8 Å². The molecule has 8 nitrogen and oxygen atoms in total. The zero-order valence-corrected chi connectivity index (χ0v) is 22.9. The summed E-state index contributed by atoms with van der Waals surface area (Å²) in [6.07, 6.45) is 0.487. The van der Waals surface area contributed by atoms with E-state index < -0.39 is 11.4 Å². The van der Waals surface area contributed by atoms with Crippen molar-refractivity contribution in [2.45, 2.75) is 40.0 Å². The first-order chi connectivity index (χ1) is 18.9. The van der Waals surface area contributed by atoms with Crippen molar-refractivity contribution in [3.8, 4) is 23.0 Å².